The molecule has 0 fully saturated rings. The molecule has 3 heteroatoms. The molecule has 3 nitrogen and oxygen atoms in total. The second-order valence-corrected chi connectivity index (χ2v) is 3.73. The number of hydrogen-bond acceptors (Lipinski definition) is 2. The van der Waals surface area contributed by atoms with Crippen LogP contribution in [0.1, 0.15) is 31.4 Å². The Kier molecular flexibility index (Phi) is 4.83. The van der Waals surface area contributed by atoms with Crippen LogP contribution in [0.3, 0.4) is 0 Å². The molecule has 0 heterocycles. The zero-order valence-corrected chi connectivity index (χ0v) is 9.92. The van der Waals surface area contributed by atoms with Gasteiger partial charge in [-0.05, 0) is 24.0 Å². The summed E-state index contributed by atoms with van der Waals surface area (Å²) in [6.07, 6.45) is 2.08. The minimum absolute atomic E-state index is 0.154. The average Bonchev–Trinajstić information content (AvgIpc) is 2.28. The standard InChI is InChI=1S/C13H19NO2/c1-3-10-6-5-7-11(4-2)13(10)14-9-8-12(15)16/h5-7,14H,3-4,8-9H2,1-2H3,(H,15,16). The number of hydrogen-bond donors (Lipinski definition) is 2. The molecule has 0 radical (unpaired) electrons. The van der Waals surface area contributed by atoms with Crippen molar-refractivity contribution >= 4 is 11.7 Å². The van der Waals surface area contributed by atoms with Crippen LogP contribution in [0.25, 0.3) is 0 Å². The van der Waals surface area contributed by atoms with Crippen LogP contribution < -0.4 is 5.32 Å². The fraction of sp³-hybridized carbons (Fsp3) is 0.462. The van der Waals surface area contributed by atoms with Crippen LogP contribution in [0, 0.1) is 0 Å². The molecule has 1 aromatic rings. The Morgan fingerprint density at radius 2 is 1.81 bits per heavy atom. The molecule has 0 unspecified atom stereocenters. The first-order valence-corrected chi connectivity index (χ1v) is 5.75. The number of carbonyl (C=O) groups is 1. The Labute approximate surface area is 96.5 Å². The summed E-state index contributed by atoms with van der Waals surface area (Å²) in [6.45, 7) is 4.70. The predicted molar refractivity (Wildman–Crippen MR) is 65.9 cm³/mol. The van der Waals surface area contributed by atoms with E-state index in [-0.39, 0.29) is 6.42 Å². The molecule has 0 saturated heterocycles. The fourth-order valence-corrected chi connectivity index (χ4v) is 1.76. The maximum absolute atomic E-state index is 10.5. The number of carboxylic acids is 1. The van der Waals surface area contributed by atoms with Gasteiger partial charge in [0.25, 0.3) is 0 Å². The molecule has 1 rings (SSSR count). The van der Waals surface area contributed by atoms with E-state index in [0.717, 1.165) is 18.5 Å². The van der Waals surface area contributed by atoms with Crippen LogP contribution in [0.4, 0.5) is 5.69 Å². The quantitative estimate of drug-likeness (QED) is 0.776. The van der Waals surface area contributed by atoms with Gasteiger partial charge in [0, 0.05) is 12.2 Å². The molecule has 0 spiro atoms. The van der Waals surface area contributed by atoms with E-state index < -0.39 is 5.97 Å². The van der Waals surface area contributed by atoms with Crippen LogP contribution in [-0.2, 0) is 17.6 Å². The molecule has 0 aliphatic rings. The average molecular weight is 221 g/mol. The van der Waals surface area contributed by atoms with Crippen molar-refractivity contribution in [3.05, 3.63) is 29.3 Å². The Balaban J connectivity index is 2.78. The highest BCUT2D eigenvalue weighted by atomic mass is 16.4. The Morgan fingerprint density at radius 1 is 1.25 bits per heavy atom. The van der Waals surface area contributed by atoms with Gasteiger partial charge in [-0.25, -0.2) is 0 Å². The molecule has 0 aromatic heterocycles. The van der Waals surface area contributed by atoms with Crippen molar-refractivity contribution in [2.24, 2.45) is 0 Å². The molecular formula is C13H19NO2. The van der Waals surface area contributed by atoms with Crippen molar-refractivity contribution in [3.8, 4) is 0 Å². The van der Waals surface area contributed by atoms with Crippen molar-refractivity contribution in [2.75, 3.05) is 11.9 Å². The number of aliphatic carboxylic acids is 1. The lowest BCUT2D eigenvalue weighted by atomic mass is 10.0. The van der Waals surface area contributed by atoms with E-state index in [0.29, 0.717) is 6.54 Å². The summed E-state index contributed by atoms with van der Waals surface area (Å²) in [7, 11) is 0. The lowest BCUT2D eigenvalue weighted by Gasteiger charge is -2.14. The van der Waals surface area contributed by atoms with E-state index in [4.69, 9.17) is 5.11 Å². The summed E-state index contributed by atoms with van der Waals surface area (Å²) in [4.78, 5) is 10.5. The highest BCUT2D eigenvalue weighted by Gasteiger charge is 2.05. The van der Waals surface area contributed by atoms with Gasteiger partial charge in [0.05, 0.1) is 6.42 Å². The van der Waals surface area contributed by atoms with Crippen molar-refractivity contribution in [3.63, 3.8) is 0 Å². The number of carboxylic acid groups (broad SMARTS) is 1. The summed E-state index contributed by atoms with van der Waals surface area (Å²) >= 11 is 0. The zero-order valence-electron chi connectivity index (χ0n) is 9.92. The van der Waals surface area contributed by atoms with Gasteiger partial charge in [-0.15, -0.1) is 0 Å². The van der Waals surface area contributed by atoms with E-state index in [2.05, 4.69) is 37.4 Å². The number of benzene rings is 1. The number of aryl methyl sites for hydroxylation is 2. The van der Waals surface area contributed by atoms with Gasteiger partial charge in [-0.1, -0.05) is 32.0 Å². The third-order valence-corrected chi connectivity index (χ3v) is 2.64. The topological polar surface area (TPSA) is 49.3 Å². The minimum Gasteiger partial charge on any atom is -0.481 e. The van der Waals surface area contributed by atoms with Crippen LogP contribution in [-0.4, -0.2) is 17.6 Å². The molecule has 0 amide bonds. The van der Waals surface area contributed by atoms with Crippen molar-refractivity contribution in [1.82, 2.24) is 0 Å². The minimum atomic E-state index is -0.764. The van der Waals surface area contributed by atoms with E-state index in [1.165, 1.54) is 11.1 Å². The summed E-state index contributed by atoms with van der Waals surface area (Å²) in [6, 6.07) is 6.23. The largest absolute Gasteiger partial charge is 0.481 e. The van der Waals surface area contributed by atoms with Crippen molar-refractivity contribution in [2.45, 2.75) is 33.1 Å². The smallest absolute Gasteiger partial charge is 0.305 e. The Hall–Kier alpha value is -1.51. The van der Waals surface area contributed by atoms with Crippen molar-refractivity contribution in [1.29, 1.82) is 0 Å². The van der Waals surface area contributed by atoms with Gasteiger partial charge in [0.15, 0.2) is 0 Å². The van der Waals surface area contributed by atoms with E-state index in [1.807, 2.05) is 0 Å². The number of nitrogens with one attached hydrogen (secondary N) is 1. The number of anilines is 1. The summed E-state index contributed by atoms with van der Waals surface area (Å²) in [5, 5.41) is 11.8. The zero-order chi connectivity index (χ0) is 12.0. The van der Waals surface area contributed by atoms with Gasteiger partial charge in [-0.3, -0.25) is 4.79 Å². The lowest BCUT2D eigenvalue weighted by molar-refractivity contribution is -0.136. The first-order valence-electron chi connectivity index (χ1n) is 5.75. The molecule has 0 atom stereocenters. The molecule has 1 aromatic carbocycles. The van der Waals surface area contributed by atoms with E-state index in [9.17, 15) is 4.79 Å². The molecule has 88 valence electrons. The molecule has 0 saturated carbocycles. The maximum Gasteiger partial charge on any atom is 0.305 e. The number of rotatable bonds is 6. The molecule has 16 heavy (non-hydrogen) atoms. The SMILES string of the molecule is CCc1cccc(CC)c1NCCC(=O)O. The summed E-state index contributed by atoms with van der Waals surface area (Å²) in [5.41, 5.74) is 3.63. The third kappa shape index (κ3) is 3.26. The molecule has 2 N–H and O–H groups in total. The molecule has 0 aliphatic heterocycles. The second kappa shape index (κ2) is 6.16. The van der Waals surface area contributed by atoms with E-state index >= 15 is 0 Å². The van der Waals surface area contributed by atoms with Gasteiger partial charge in [-0.2, -0.15) is 0 Å². The maximum atomic E-state index is 10.5. The molecular weight excluding hydrogens is 202 g/mol. The monoisotopic (exact) mass is 221 g/mol. The highest BCUT2D eigenvalue weighted by Crippen LogP contribution is 2.22. The van der Waals surface area contributed by atoms with E-state index in [1.54, 1.807) is 0 Å². The number of para-hydroxylation sites is 1. The second-order valence-electron chi connectivity index (χ2n) is 3.73. The lowest BCUT2D eigenvalue weighted by Crippen LogP contribution is -2.10. The van der Waals surface area contributed by atoms with Crippen LogP contribution in [0.2, 0.25) is 0 Å². The van der Waals surface area contributed by atoms with Crippen LogP contribution in [0.15, 0.2) is 18.2 Å². The summed E-state index contributed by atoms with van der Waals surface area (Å²) in [5.74, 6) is -0.764. The van der Waals surface area contributed by atoms with Crippen LogP contribution in [0.5, 0.6) is 0 Å². The van der Waals surface area contributed by atoms with Gasteiger partial charge in [0.2, 0.25) is 0 Å². The van der Waals surface area contributed by atoms with Crippen molar-refractivity contribution < 1.29 is 9.90 Å². The Morgan fingerprint density at radius 3 is 2.25 bits per heavy atom. The normalized spacial score (nSPS) is 10.1. The fourth-order valence-electron chi connectivity index (χ4n) is 1.76. The predicted octanol–water partition coefficient (Wildman–Crippen LogP) is 2.70. The third-order valence-electron chi connectivity index (χ3n) is 2.64. The van der Waals surface area contributed by atoms with Crippen LogP contribution >= 0.6 is 0 Å². The molecule has 0 aliphatic carbocycles. The highest BCUT2D eigenvalue weighted by molar-refractivity contribution is 5.68. The molecule has 0 bridgehead atoms. The Bertz CT molecular complexity index is 339. The first kappa shape index (κ1) is 12.6. The summed E-state index contributed by atoms with van der Waals surface area (Å²) < 4.78 is 0. The van der Waals surface area contributed by atoms with Gasteiger partial charge < -0.3 is 10.4 Å². The van der Waals surface area contributed by atoms with Gasteiger partial charge in [0.1, 0.15) is 0 Å². The van der Waals surface area contributed by atoms with Gasteiger partial charge >= 0.3 is 5.97 Å². The first-order chi connectivity index (χ1) is 7.69.